The Morgan fingerprint density at radius 2 is 1.72 bits per heavy atom. The van der Waals surface area contributed by atoms with E-state index in [1.54, 1.807) is 28.6 Å². The molecule has 0 unspecified atom stereocenters. The number of benzene rings is 1. The molecule has 2 heterocycles. The molecule has 1 aromatic heterocycles. The van der Waals surface area contributed by atoms with Crippen LogP contribution in [-0.4, -0.2) is 59.9 Å². The van der Waals surface area contributed by atoms with Crippen LogP contribution in [-0.2, 0) is 16.6 Å². The summed E-state index contributed by atoms with van der Waals surface area (Å²) in [6.45, 7) is 8.69. The zero-order valence-electron chi connectivity index (χ0n) is 14.9. The first-order valence-corrected chi connectivity index (χ1v) is 10.2. The van der Waals surface area contributed by atoms with Crippen LogP contribution in [0.5, 0.6) is 0 Å². The Labute approximate surface area is 150 Å². The fourth-order valence-corrected chi connectivity index (χ4v) is 4.64. The van der Waals surface area contributed by atoms with Crippen molar-refractivity contribution in [3.05, 3.63) is 48.5 Å². The van der Waals surface area contributed by atoms with Gasteiger partial charge in [0.25, 0.3) is 0 Å². The maximum Gasteiger partial charge on any atom is 0.243 e. The van der Waals surface area contributed by atoms with Gasteiger partial charge in [0, 0.05) is 57.6 Å². The van der Waals surface area contributed by atoms with Crippen LogP contribution in [0.4, 0.5) is 0 Å². The molecule has 1 aromatic carbocycles. The van der Waals surface area contributed by atoms with Crippen LogP contribution < -0.4 is 0 Å². The van der Waals surface area contributed by atoms with E-state index < -0.39 is 10.0 Å². The summed E-state index contributed by atoms with van der Waals surface area (Å²) in [5.74, 6) is 1.51. The number of aromatic nitrogens is 2. The molecule has 0 saturated carbocycles. The summed E-state index contributed by atoms with van der Waals surface area (Å²) in [5.41, 5.74) is 0. The molecule has 0 radical (unpaired) electrons. The second-order valence-electron chi connectivity index (χ2n) is 6.69. The molecular formula is C18H26N4O2S. The quantitative estimate of drug-likeness (QED) is 0.789. The predicted molar refractivity (Wildman–Crippen MR) is 98.0 cm³/mol. The fourth-order valence-electron chi connectivity index (χ4n) is 3.19. The van der Waals surface area contributed by atoms with Crippen molar-refractivity contribution in [2.24, 2.45) is 0 Å². The maximum atomic E-state index is 12.7. The van der Waals surface area contributed by atoms with E-state index in [0.717, 1.165) is 32.0 Å². The summed E-state index contributed by atoms with van der Waals surface area (Å²) in [6, 6.07) is 8.68. The summed E-state index contributed by atoms with van der Waals surface area (Å²) in [7, 11) is -3.37. The Morgan fingerprint density at radius 1 is 1.04 bits per heavy atom. The highest BCUT2D eigenvalue weighted by atomic mass is 32.2. The van der Waals surface area contributed by atoms with Crippen LogP contribution in [0.1, 0.15) is 25.6 Å². The minimum Gasteiger partial charge on any atom is -0.333 e. The molecule has 1 aliphatic heterocycles. The van der Waals surface area contributed by atoms with Gasteiger partial charge in [0.2, 0.25) is 10.0 Å². The van der Waals surface area contributed by atoms with Crippen molar-refractivity contribution in [2.75, 3.05) is 32.7 Å². The third-order valence-corrected chi connectivity index (χ3v) is 6.55. The Balaban J connectivity index is 1.55. The summed E-state index contributed by atoms with van der Waals surface area (Å²) in [5, 5.41) is 0. The largest absolute Gasteiger partial charge is 0.333 e. The zero-order chi connectivity index (χ0) is 17.9. The molecule has 0 atom stereocenters. The first-order chi connectivity index (χ1) is 12.0. The van der Waals surface area contributed by atoms with Crippen LogP contribution in [0.2, 0.25) is 0 Å². The number of imidazole rings is 1. The summed E-state index contributed by atoms with van der Waals surface area (Å²) >= 11 is 0. The molecule has 0 N–H and O–H groups in total. The fraction of sp³-hybridized carbons (Fsp3) is 0.500. The van der Waals surface area contributed by atoms with Crippen molar-refractivity contribution in [3.63, 3.8) is 0 Å². The average molecular weight is 362 g/mol. The average Bonchev–Trinajstić information content (AvgIpc) is 3.10. The Kier molecular flexibility index (Phi) is 5.56. The lowest BCUT2D eigenvalue weighted by Crippen LogP contribution is -2.49. The van der Waals surface area contributed by atoms with Gasteiger partial charge in [-0.05, 0) is 12.1 Å². The molecule has 0 spiro atoms. The number of piperazine rings is 1. The summed E-state index contributed by atoms with van der Waals surface area (Å²) < 4.78 is 29.1. The highest BCUT2D eigenvalue weighted by molar-refractivity contribution is 7.89. The van der Waals surface area contributed by atoms with Crippen LogP contribution in [0.25, 0.3) is 0 Å². The molecule has 1 saturated heterocycles. The molecule has 1 fully saturated rings. The van der Waals surface area contributed by atoms with Crippen molar-refractivity contribution in [2.45, 2.75) is 31.2 Å². The number of rotatable bonds is 6. The topological polar surface area (TPSA) is 58.4 Å². The van der Waals surface area contributed by atoms with E-state index in [2.05, 4.69) is 28.3 Å². The first kappa shape index (κ1) is 18.1. The Bertz CT molecular complexity index is 778. The van der Waals surface area contributed by atoms with Crippen molar-refractivity contribution < 1.29 is 8.42 Å². The van der Waals surface area contributed by atoms with Crippen LogP contribution >= 0.6 is 0 Å². The van der Waals surface area contributed by atoms with Gasteiger partial charge in [0.05, 0.1) is 4.90 Å². The van der Waals surface area contributed by atoms with E-state index in [-0.39, 0.29) is 0 Å². The van der Waals surface area contributed by atoms with E-state index in [9.17, 15) is 8.42 Å². The molecule has 136 valence electrons. The number of hydrogen-bond acceptors (Lipinski definition) is 4. The van der Waals surface area contributed by atoms with Gasteiger partial charge in [0.15, 0.2) is 0 Å². The summed E-state index contributed by atoms with van der Waals surface area (Å²) in [4.78, 5) is 7.11. The molecule has 1 aliphatic rings. The van der Waals surface area contributed by atoms with Gasteiger partial charge in [-0.15, -0.1) is 0 Å². The van der Waals surface area contributed by atoms with Crippen LogP contribution in [0.3, 0.4) is 0 Å². The third-order valence-electron chi connectivity index (χ3n) is 4.63. The van der Waals surface area contributed by atoms with Gasteiger partial charge in [-0.2, -0.15) is 4.31 Å². The number of hydrogen-bond donors (Lipinski definition) is 0. The normalized spacial score (nSPS) is 17.2. The van der Waals surface area contributed by atoms with Crippen molar-refractivity contribution in [3.8, 4) is 0 Å². The predicted octanol–water partition coefficient (Wildman–Crippen LogP) is 2.01. The third kappa shape index (κ3) is 4.11. The lowest BCUT2D eigenvalue weighted by molar-refractivity contribution is 0.182. The minimum atomic E-state index is -3.37. The van der Waals surface area contributed by atoms with E-state index in [0.29, 0.717) is 23.9 Å². The van der Waals surface area contributed by atoms with Crippen LogP contribution in [0, 0.1) is 0 Å². The van der Waals surface area contributed by atoms with Crippen LogP contribution in [0.15, 0.2) is 47.6 Å². The molecule has 6 nitrogen and oxygen atoms in total. The Morgan fingerprint density at radius 3 is 2.36 bits per heavy atom. The van der Waals surface area contributed by atoms with Crippen molar-refractivity contribution >= 4 is 10.0 Å². The van der Waals surface area contributed by atoms with Gasteiger partial charge in [-0.3, -0.25) is 4.90 Å². The molecule has 0 aliphatic carbocycles. The smallest absolute Gasteiger partial charge is 0.243 e. The molecule has 0 bridgehead atoms. The summed E-state index contributed by atoms with van der Waals surface area (Å²) in [6.07, 6.45) is 3.87. The highest BCUT2D eigenvalue weighted by Crippen LogP contribution is 2.17. The molecule has 0 amide bonds. The highest BCUT2D eigenvalue weighted by Gasteiger charge is 2.28. The van der Waals surface area contributed by atoms with E-state index in [1.165, 1.54) is 0 Å². The monoisotopic (exact) mass is 362 g/mol. The SMILES string of the molecule is CC(C)c1nccn1CCN1CCN(S(=O)(=O)c2ccccc2)CC1. The van der Waals surface area contributed by atoms with E-state index >= 15 is 0 Å². The Hall–Kier alpha value is -1.70. The lowest BCUT2D eigenvalue weighted by Gasteiger charge is -2.34. The zero-order valence-corrected chi connectivity index (χ0v) is 15.7. The number of nitrogens with zero attached hydrogens (tertiary/aromatic N) is 4. The molecule has 2 aromatic rings. The second-order valence-corrected chi connectivity index (χ2v) is 8.63. The minimum absolute atomic E-state index is 0.378. The van der Waals surface area contributed by atoms with E-state index in [1.807, 2.05) is 18.5 Å². The van der Waals surface area contributed by atoms with Gasteiger partial charge in [0.1, 0.15) is 5.82 Å². The van der Waals surface area contributed by atoms with Gasteiger partial charge in [-0.1, -0.05) is 32.0 Å². The first-order valence-electron chi connectivity index (χ1n) is 8.77. The van der Waals surface area contributed by atoms with Gasteiger partial charge in [-0.25, -0.2) is 13.4 Å². The maximum absolute atomic E-state index is 12.7. The molecule has 25 heavy (non-hydrogen) atoms. The van der Waals surface area contributed by atoms with Crippen molar-refractivity contribution in [1.82, 2.24) is 18.8 Å². The second kappa shape index (κ2) is 7.68. The molecule has 3 rings (SSSR count). The van der Waals surface area contributed by atoms with Gasteiger partial charge < -0.3 is 4.57 Å². The molecular weight excluding hydrogens is 336 g/mol. The van der Waals surface area contributed by atoms with Gasteiger partial charge >= 0.3 is 0 Å². The lowest BCUT2D eigenvalue weighted by atomic mass is 10.2. The van der Waals surface area contributed by atoms with Crippen molar-refractivity contribution in [1.29, 1.82) is 0 Å². The standard InChI is InChI=1S/C18H26N4O2S/c1-16(2)18-19-8-9-21(18)13-10-20-11-14-22(15-12-20)25(23,24)17-6-4-3-5-7-17/h3-9,16H,10-15H2,1-2H3. The number of sulfonamides is 1. The van der Waals surface area contributed by atoms with E-state index in [4.69, 9.17) is 0 Å². The molecule has 7 heteroatoms.